The Morgan fingerprint density at radius 3 is 2.54 bits per heavy atom. The first kappa shape index (κ1) is 23.3. The van der Waals surface area contributed by atoms with Gasteiger partial charge in [0, 0.05) is 49.6 Å². The minimum atomic E-state index is 0. The summed E-state index contributed by atoms with van der Waals surface area (Å²) in [5.74, 6) is 2.43. The summed E-state index contributed by atoms with van der Waals surface area (Å²) in [5, 5.41) is 3.45. The molecule has 2 saturated heterocycles. The fourth-order valence-electron chi connectivity index (χ4n) is 3.63. The number of halogens is 1. The van der Waals surface area contributed by atoms with Crippen LogP contribution in [0.5, 0.6) is 0 Å². The normalized spacial score (nSPS) is 19.5. The second kappa shape index (κ2) is 10.7. The van der Waals surface area contributed by atoms with Gasteiger partial charge in [-0.15, -0.1) is 24.0 Å². The lowest BCUT2D eigenvalue weighted by Gasteiger charge is -2.39. The van der Waals surface area contributed by atoms with Crippen molar-refractivity contribution in [2.45, 2.75) is 51.4 Å². The maximum absolute atomic E-state index is 11.8. The summed E-state index contributed by atoms with van der Waals surface area (Å²) < 4.78 is 0.267. The summed E-state index contributed by atoms with van der Waals surface area (Å²) in [6.45, 7) is 12.0. The van der Waals surface area contributed by atoms with Crippen LogP contribution in [0.3, 0.4) is 0 Å². The van der Waals surface area contributed by atoms with Crippen LogP contribution >= 0.6 is 35.7 Å². The van der Waals surface area contributed by atoms with E-state index in [1.165, 1.54) is 11.1 Å². The minimum Gasteiger partial charge on any atom is -0.357 e. The first-order valence-corrected chi connectivity index (χ1v) is 11.0. The van der Waals surface area contributed by atoms with Crippen LogP contribution < -0.4 is 5.32 Å². The van der Waals surface area contributed by atoms with Gasteiger partial charge in [0.15, 0.2) is 5.96 Å². The lowest BCUT2D eigenvalue weighted by molar-refractivity contribution is -0.128. The Hall–Kier alpha value is -0.960. The van der Waals surface area contributed by atoms with Crippen molar-refractivity contribution in [3.05, 3.63) is 35.4 Å². The summed E-state index contributed by atoms with van der Waals surface area (Å²) in [4.78, 5) is 21.0. The number of amides is 1. The van der Waals surface area contributed by atoms with E-state index in [0.29, 0.717) is 13.0 Å². The van der Waals surface area contributed by atoms with Gasteiger partial charge < -0.3 is 15.1 Å². The van der Waals surface area contributed by atoms with Crippen molar-refractivity contribution in [3.63, 3.8) is 0 Å². The molecule has 1 amide bonds. The quantitative estimate of drug-likeness (QED) is 0.368. The molecular formula is C21H33IN4OS. The molecule has 5 nitrogen and oxygen atoms in total. The number of guanidine groups is 1. The smallest absolute Gasteiger partial charge is 0.222 e. The fourth-order valence-corrected chi connectivity index (χ4v) is 4.74. The molecule has 0 aliphatic carbocycles. The van der Waals surface area contributed by atoms with E-state index in [1.54, 1.807) is 0 Å². The second-order valence-corrected chi connectivity index (χ2v) is 9.74. The maximum Gasteiger partial charge on any atom is 0.222 e. The Morgan fingerprint density at radius 2 is 1.93 bits per heavy atom. The molecule has 2 aliphatic rings. The first-order chi connectivity index (χ1) is 13.0. The van der Waals surface area contributed by atoms with Crippen LogP contribution in [0.25, 0.3) is 0 Å². The van der Waals surface area contributed by atoms with Gasteiger partial charge in [-0.05, 0) is 38.3 Å². The molecule has 7 heteroatoms. The number of benzene rings is 1. The minimum absolute atomic E-state index is 0. The molecule has 2 fully saturated rings. The van der Waals surface area contributed by atoms with Crippen LogP contribution in [0.2, 0.25) is 0 Å². The number of nitrogens with zero attached hydrogens (tertiary/aromatic N) is 3. The van der Waals surface area contributed by atoms with E-state index in [2.05, 4.69) is 55.3 Å². The number of hydrogen-bond acceptors (Lipinski definition) is 3. The van der Waals surface area contributed by atoms with E-state index in [1.807, 2.05) is 16.7 Å². The van der Waals surface area contributed by atoms with Gasteiger partial charge in [0.1, 0.15) is 0 Å². The van der Waals surface area contributed by atoms with Crippen LogP contribution in [0, 0.1) is 0 Å². The molecule has 1 N–H and O–H groups in total. The Bertz CT molecular complexity index is 677. The molecule has 1 aromatic carbocycles. The highest BCUT2D eigenvalue weighted by Gasteiger charge is 2.28. The van der Waals surface area contributed by atoms with Gasteiger partial charge in [0.2, 0.25) is 5.91 Å². The van der Waals surface area contributed by atoms with Crippen molar-refractivity contribution in [2.24, 2.45) is 4.99 Å². The predicted octanol–water partition coefficient (Wildman–Crippen LogP) is 3.72. The van der Waals surface area contributed by atoms with Crippen LogP contribution in [0.15, 0.2) is 29.3 Å². The SMILES string of the molecule is CCNC(=NCc1ccc(CN2CCCC2=O)cc1)N1CCSC(C)(C)C1.I. The molecular weight excluding hydrogens is 483 g/mol. The number of likely N-dealkylation sites (tertiary alicyclic amines) is 1. The average Bonchev–Trinajstić information content (AvgIpc) is 3.04. The van der Waals surface area contributed by atoms with Crippen molar-refractivity contribution in [1.82, 2.24) is 15.1 Å². The molecule has 2 heterocycles. The summed E-state index contributed by atoms with van der Waals surface area (Å²) >= 11 is 2.04. The number of carbonyl (C=O) groups is 1. The molecule has 2 aliphatic heterocycles. The number of hydrogen-bond donors (Lipinski definition) is 1. The Kier molecular flexibility index (Phi) is 8.92. The van der Waals surface area contributed by atoms with Crippen LogP contribution in [0.1, 0.15) is 44.7 Å². The van der Waals surface area contributed by atoms with Crippen LogP contribution in [-0.4, -0.2) is 58.3 Å². The monoisotopic (exact) mass is 516 g/mol. The number of nitrogens with one attached hydrogen (secondary N) is 1. The molecule has 0 unspecified atom stereocenters. The van der Waals surface area contributed by atoms with E-state index in [4.69, 9.17) is 4.99 Å². The van der Waals surface area contributed by atoms with Crippen molar-refractivity contribution >= 4 is 47.6 Å². The van der Waals surface area contributed by atoms with Gasteiger partial charge in [-0.25, -0.2) is 4.99 Å². The molecule has 0 bridgehead atoms. The molecule has 0 radical (unpaired) electrons. The zero-order chi connectivity index (χ0) is 19.3. The molecule has 0 aromatic heterocycles. The summed E-state index contributed by atoms with van der Waals surface area (Å²) in [6, 6.07) is 8.53. The van der Waals surface area contributed by atoms with E-state index in [-0.39, 0.29) is 34.6 Å². The molecule has 1 aromatic rings. The van der Waals surface area contributed by atoms with Gasteiger partial charge in [-0.3, -0.25) is 4.79 Å². The van der Waals surface area contributed by atoms with Crippen molar-refractivity contribution < 1.29 is 4.79 Å². The lowest BCUT2D eigenvalue weighted by atomic mass is 10.1. The highest BCUT2D eigenvalue weighted by atomic mass is 127. The number of aliphatic imine (C=N–C) groups is 1. The lowest BCUT2D eigenvalue weighted by Crippen LogP contribution is -2.50. The van der Waals surface area contributed by atoms with Crippen LogP contribution in [-0.2, 0) is 17.9 Å². The van der Waals surface area contributed by atoms with Gasteiger partial charge in [0.25, 0.3) is 0 Å². The van der Waals surface area contributed by atoms with Gasteiger partial charge in [-0.2, -0.15) is 11.8 Å². The fraction of sp³-hybridized carbons (Fsp3) is 0.619. The van der Waals surface area contributed by atoms with E-state index < -0.39 is 0 Å². The molecule has 0 spiro atoms. The van der Waals surface area contributed by atoms with E-state index in [0.717, 1.165) is 50.9 Å². The molecule has 3 rings (SSSR count). The predicted molar refractivity (Wildman–Crippen MR) is 129 cm³/mol. The standard InChI is InChI=1S/C21H32N4OS.HI/c1-4-22-20(25-12-13-27-21(2,3)16-25)23-14-17-7-9-18(10-8-17)15-24-11-5-6-19(24)26;/h7-10H,4-6,11-16H2,1-3H3,(H,22,23);1H. The summed E-state index contributed by atoms with van der Waals surface area (Å²) in [7, 11) is 0. The number of thioether (sulfide) groups is 1. The molecule has 28 heavy (non-hydrogen) atoms. The first-order valence-electron chi connectivity index (χ1n) is 10.00. The van der Waals surface area contributed by atoms with E-state index >= 15 is 0 Å². The van der Waals surface area contributed by atoms with Gasteiger partial charge in [-0.1, -0.05) is 24.3 Å². The topological polar surface area (TPSA) is 47.9 Å². The number of carbonyl (C=O) groups excluding carboxylic acids is 1. The van der Waals surface area contributed by atoms with Crippen LogP contribution in [0.4, 0.5) is 0 Å². The molecule has 156 valence electrons. The summed E-state index contributed by atoms with van der Waals surface area (Å²) in [6.07, 6.45) is 1.69. The van der Waals surface area contributed by atoms with Crippen molar-refractivity contribution in [2.75, 3.05) is 31.9 Å². The summed E-state index contributed by atoms with van der Waals surface area (Å²) in [5.41, 5.74) is 2.40. The maximum atomic E-state index is 11.8. The Labute approximate surface area is 190 Å². The zero-order valence-corrected chi connectivity index (χ0v) is 20.4. The highest BCUT2D eigenvalue weighted by molar-refractivity contribution is 14.0. The van der Waals surface area contributed by atoms with Gasteiger partial charge in [0.05, 0.1) is 6.54 Å². The van der Waals surface area contributed by atoms with Crippen molar-refractivity contribution in [1.29, 1.82) is 0 Å². The third kappa shape index (κ3) is 6.54. The third-order valence-corrected chi connectivity index (χ3v) is 6.34. The van der Waals surface area contributed by atoms with Crippen molar-refractivity contribution in [3.8, 4) is 0 Å². The average molecular weight is 516 g/mol. The van der Waals surface area contributed by atoms with E-state index in [9.17, 15) is 4.79 Å². The zero-order valence-electron chi connectivity index (χ0n) is 17.2. The highest BCUT2D eigenvalue weighted by Crippen LogP contribution is 2.29. The number of rotatable bonds is 5. The third-order valence-electron chi connectivity index (χ3n) is 5.04. The Morgan fingerprint density at radius 1 is 1.21 bits per heavy atom. The largest absolute Gasteiger partial charge is 0.357 e. The Balaban J connectivity index is 0.00000280. The molecule has 0 atom stereocenters. The second-order valence-electron chi connectivity index (χ2n) is 7.94. The van der Waals surface area contributed by atoms with Gasteiger partial charge >= 0.3 is 0 Å². The molecule has 0 saturated carbocycles.